The smallest absolute Gasteiger partial charge is 0.164 e. The van der Waals surface area contributed by atoms with Crippen molar-refractivity contribution in [1.82, 2.24) is 15.0 Å². The van der Waals surface area contributed by atoms with Crippen molar-refractivity contribution in [3.63, 3.8) is 0 Å². The molecule has 0 saturated heterocycles. The molecule has 11 aromatic rings. The first-order chi connectivity index (χ1) is 27.7. The molecule has 0 aliphatic rings. The molecule has 0 radical (unpaired) electrons. The lowest BCUT2D eigenvalue weighted by Crippen LogP contribution is -2.00. The second-order valence-electron chi connectivity index (χ2n) is 13.9. The minimum Gasteiger partial charge on any atom is -0.208 e. The summed E-state index contributed by atoms with van der Waals surface area (Å²) >= 11 is 3.71. The molecule has 56 heavy (non-hydrogen) atoms. The molecule has 262 valence electrons. The monoisotopic (exact) mass is 749 g/mol. The van der Waals surface area contributed by atoms with Crippen molar-refractivity contribution < 1.29 is 0 Å². The number of nitrogens with zero attached hydrogens (tertiary/aromatic N) is 3. The molecule has 3 nitrogen and oxygen atoms in total. The van der Waals surface area contributed by atoms with E-state index in [1.54, 1.807) is 0 Å². The molecule has 11 rings (SSSR count). The lowest BCUT2D eigenvalue weighted by Gasteiger charge is -2.11. The van der Waals surface area contributed by atoms with Gasteiger partial charge in [-0.05, 0) is 52.1 Å². The Morgan fingerprint density at radius 3 is 1.54 bits per heavy atom. The van der Waals surface area contributed by atoms with Crippen LogP contribution in [-0.2, 0) is 0 Å². The van der Waals surface area contributed by atoms with E-state index in [4.69, 9.17) is 15.0 Å². The summed E-state index contributed by atoms with van der Waals surface area (Å²) in [4.78, 5) is 15.4. The predicted octanol–water partition coefficient (Wildman–Crippen LogP) is 14.6. The van der Waals surface area contributed by atoms with Crippen molar-refractivity contribution in [3.05, 3.63) is 188 Å². The number of rotatable bonds is 6. The van der Waals surface area contributed by atoms with Gasteiger partial charge in [0.05, 0.1) is 0 Å². The van der Waals surface area contributed by atoms with Crippen LogP contribution in [0.15, 0.2) is 188 Å². The molecule has 0 N–H and O–H groups in total. The highest BCUT2D eigenvalue weighted by Crippen LogP contribution is 2.47. The van der Waals surface area contributed by atoms with Gasteiger partial charge in [0.1, 0.15) is 0 Å². The topological polar surface area (TPSA) is 38.7 Å². The SMILES string of the molecule is c1ccc(-c2ccc(-c3nc(-c4ccccc4)nc(-c4cccc5sc6c(-c7cc(-c8ccccc8)c8sc9ccccc9c8c7)cccc6c45)n3)cc2)cc1. The number of fused-ring (bicyclic) bond motifs is 6. The summed E-state index contributed by atoms with van der Waals surface area (Å²) in [5.41, 5.74) is 10.2. The maximum Gasteiger partial charge on any atom is 0.164 e. The largest absolute Gasteiger partial charge is 0.208 e. The summed E-state index contributed by atoms with van der Waals surface area (Å²) in [6.45, 7) is 0. The van der Waals surface area contributed by atoms with Crippen molar-refractivity contribution in [1.29, 1.82) is 0 Å². The van der Waals surface area contributed by atoms with Crippen molar-refractivity contribution in [2.45, 2.75) is 0 Å². The molecule has 0 atom stereocenters. The van der Waals surface area contributed by atoms with Gasteiger partial charge in [0.2, 0.25) is 0 Å². The molecule has 0 aliphatic heterocycles. The third-order valence-corrected chi connectivity index (χ3v) is 13.0. The molecule has 5 heteroatoms. The summed E-state index contributed by atoms with van der Waals surface area (Å²) in [5.74, 6) is 1.96. The maximum absolute atomic E-state index is 5.20. The summed E-state index contributed by atoms with van der Waals surface area (Å²) < 4.78 is 5.08. The molecule has 0 spiro atoms. The first-order valence-electron chi connectivity index (χ1n) is 18.7. The summed E-state index contributed by atoms with van der Waals surface area (Å²) in [7, 11) is 0. The summed E-state index contributed by atoms with van der Waals surface area (Å²) in [6.07, 6.45) is 0. The number of thiophene rings is 2. The van der Waals surface area contributed by atoms with Crippen molar-refractivity contribution in [2.24, 2.45) is 0 Å². The third-order valence-electron chi connectivity index (χ3n) is 10.6. The van der Waals surface area contributed by atoms with E-state index in [1.165, 1.54) is 62.8 Å². The van der Waals surface area contributed by atoms with Gasteiger partial charge >= 0.3 is 0 Å². The van der Waals surface area contributed by atoms with Gasteiger partial charge in [-0.2, -0.15) is 0 Å². The van der Waals surface area contributed by atoms with Crippen LogP contribution >= 0.6 is 22.7 Å². The van der Waals surface area contributed by atoms with Crippen LogP contribution in [0.5, 0.6) is 0 Å². The van der Waals surface area contributed by atoms with Crippen molar-refractivity contribution in [2.75, 3.05) is 0 Å². The standard InChI is InChI=1S/C51H31N3S2/c1-4-14-32(15-5-1)33-26-28-36(29-27-33)50-52-49(35-18-8-3-9-19-35)53-51(54-50)41-23-13-25-45-46(41)40-22-12-21-38(47(40)56-45)37-30-42(34-16-6-2-7-17-34)48-43(31-37)39-20-10-11-24-44(39)55-48/h1-31H. The predicted molar refractivity (Wildman–Crippen MR) is 238 cm³/mol. The molecular formula is C51H31N3S2. The van der Waals surface area contributed by atoms with Crippen LogP contribution in [-0.4, -0.2) is 15.0 Å². The third kappa shape index (κ3) is 5.60. The first-order valence-corrected chi connectivity index (χ1v) is 20.3. The van der Waals surface area contributed by atoms with Crippen LogP contribution in [0.1, 0.15) is 0 Å². The summed E-state index contributed by atoms with van der Waals surface area (Å²) in [6, 6.07) is 66.7. The Balaban J connectivity index is 1.10. The number of aromatic nitrogens is 3. The van der Waals surface area contributed by atoms with Crippen LogP contribution in [0.2, 0.25) is 0 Å². The van der Waals surface area contributed by atoms with Gasteiger partial charge in [-0.15, -0.1) is 22.7 Å². The van der Waals surface area contributed by atoms with Gasteiger partial charge in [0, 0.05) is 62.6 Å². The number of hydrogen-bond acceptors (Lipinski definition) is 5. The van der Waals surface area contributed by atoms with Crippen LogP contribution in [0, 0.1) is 0 Å². The van der Waals surface area contributed by atoms with E-state index in [2.05, 4.69) is 164 Å². The number of hydrogen-bond donors (Lipinski definition) is 0. The van der Waals surface area contributed by atoms with Gasteiger partial charge < -0.3 is 0 Å². The van der Waals surface area contributed by atoms with E-state index < -0.39 is 0 Å². The molecule has 0 saturated carbocycles. The highest BCUT2D eigenvalue weighted by Gasteiger charge is 2.20. The molecular weight excluding hydrogens is 719 g/mol. The zero-order chi connectivity index (χ0) is 37.0. The van der Waals surface area contributed by atoms with Crippen LogP contribution < -0.4 is 0 Å². The van der Waals surface area contributed by atoms with Crippen LogP contribution in [0.4, 0.5) is 0 Å². The molecule has 0 bridgehead atoms. The van der Waals surface area contributed by atoms with E-state index >= 15 is 0 Å². The van der Waals surface area contributed by atoms with E-state index in [0.29, 0.717) is 17.5 Å². The quantitative estimate of drug-likeness (QED) is 0.170. The maximum atomic E-state index is 5.20. The fourth-order valence-corrected chi connectivity index (χ4v) is 10.3. The Hall–Kier alpha value is -6.79. The number of benzene rings is 8. The molecule has 8 aromatic carbocycles. The molecule has 0 fully saturated rings. The molecule has 0 aliphatic carbocycles. The Labute approximate surface area is 331 Å². The highest BCUT2D eigenvalue weighted by atomic mass is 32.1. The van der Waals surface area contributed by atoms with Crippen molar-refractivity contribution >= 4 is 63.0 Å². The normalized spacial score (nSPS) is 11.6. The fraction of sp³-hybridized carbons (Fsp3) is 0. The first kappa shape index (κ1) is 32.6. The van der Waals surface area contributed by atoms with Gasteiger partial charge in [0.15, 0.2) is 17.5 Å². The van der Waals surface area contributed by atoms with E-state index in [9.17, 15) is 0 Å². The van der Waals surface area contributed by atoms with Crippen LogP contribution in [0.3, 0.4) is 0 Å². The lowest BCUT2D eigenvalue weighted by atomic mass is 9.95. The van der Waals surface area contributed by atoms with Gasteiger partial charge in [-0.1, -0.05) is 164 Å². The van der Waals surface area contributed by atoms with Gasteiger partial charge in [-0.25, -0.2) is 15.0 Å². The lowest BCUT2D eigenvalue weighted by molar-refractivity contribution is 1.08. The Kier molecular flexibility index (Phi) is 7.87. The Bertz CT molecular complexity index is 3220. The minimum atomic E-state index is 0.649. The molecule has 0 amide bonds. The Morgan fingerprint density at radius 1 is 0.286 bits per heavy atom. The highest BCUT2D eigenvalue weighted by molar-refractivity contribution is 7.27. The van der Waals surface area contributed by atoms with Crippen molar-refractivity contribution in [3.8, 4) is 67.5 Å². The second kappa shape index (κ2) is 13.5. The minimum absolute atomic E-state index is 0.649. The zero-order valence-electron chi connectivity index (χ0n) is 30.1. The zero-order valence-corrected chi connectivity index (χ0v) is 31.7. The fourth-order valence-electron chi connectivity index (χ4n) is 7.86. The summed E-state index contributed by atoms with van der Waals surface area (Å²) in [5, 5.41) is 4.95. The molecule has 0 unspecified atom stereocenters. The average molecular weight is 750 g/mol. The van der Waals surface area contributed by atoms with Gasteiger partial charge in [0.25, 0.3) is 0 Å². The van der Waals surface area contributed by atoms with Gasteiger partial charge in [-0.3, -0.25) is 0 Å². The Morgan fingerprint density at radius 2 is 0.786 bits per heavy atom. The van der Waals surface area contributed by atoms with Crippen LogP contribution in [0.25, 0.3) is 108 Å². The van der Waals surface area contributed by atoms with E-state index in [0.717, 1.165) is 27.6 Å². The molecule has 3 aromatic heterocycles. The van der Waals surface area contributed by atoms with E-state index in [-0.39, 0.29) is 0 Å². The molecule has 3 heterocycles. The second-order valence-corrected chi connectivity index (χ2v) is 16.0. The van der Waals surface area contributed by atoms with E-state index in [1.807, 2.05) is 46.9 Å². The average Bonchev–Trinajstić information content (AvgIpc) is 3.86.